The van der Waals surface area contributed by atoms with E-state index in [0.29, 0.717) is 17.9 Å². The number of rotatable bonds is 3. The minimum absolute atomic E-state index is 0.131. The van der Waals surface area contributed by atoms with Crippen LogP contribution in [0, 0.1) is 5.92 Å². The third kappa shape index (κ3) is 2.62. The molecule has 2 heterocycles. The van der Waals surface area contributed by atoms with Crippen molar-refractivity contribution in [3.8, 4) is 11.3 Å². The third-order valence-electron chi connectivity index (χ3n) is 5.44. The number of amides is 3. The number of carbonyl (C=O) groups is 2. The van der Waals surface area contributed by atoms with Crippen molar-refractivity contribution >= 4 is 11.9 Å². The summed E-state index contributed by atoms with van der Waals surface area (Å²) < 4.78 is 5.37. The van der Waals surface area contributed by atoms with E-state index in [1.165, 1.54) is 4.90 Å². The van der Waals surface area contributed by atoms with Gasteiger partial charge in [0.1, 0.15) is 11.2 Å². The summed E-state index contributed by atoms with van der Waals surface area (Å²) in [5.74, 6) is 0.650. The van der Waals surface area contributed by atoms with Gasteiger partial charge in [0.15, 0.2) is 5.76 Å². The van der Waals surface area contributed by atoms with Gasteiger partial charge in [-0.15, -0.1) is 0 Å². The Morgan fingerprint density at radius 3 is 2.84 bits per heavy atom. The second-order valence-corrected chi connectivity index (χ2v) is 6.99. The first kappa shape index (κ1) is 15.9. The second kappa shape index (κ2) is 6.02. The molecule has 25 heavy (non-hydrogen) atoms. The maximum Gasteiger partial charge on any atom is 0.325 e. The van der Waals surface area contributed by atoms with E-state index in [0.717, 1.165) is 24.8 Å². The van der Waals surface area contributed by atoms with Crippen LogP contribution in [0.25, 0.3) is 11.3 Å². The number of hydrogen-bond acceptors (Lipinski definition) is 4. The van der Waals surface area contributed by atoms with Gasteiger partial charge in [0, 0.05) is 11.6 Å². The van der Waals surface area contributed by atoms with Crippen molar-refractivity contribution in [1.82, 2.24) is 15.4 Å². The Bertz CT molecular complexity index is 801. The molecule has 6 heteroatoms. The number of aromatic nitrogens is 1. The van der Waals surface area contributed by atoms with Crippen molar-refractivity contribution in [2.45, 2.75) is 44.7 Å². The molecule has 1 aliphatic carbocycles. The summed E-state index contributed by atoms with van der Waals surface area (Å²) >= 11 is 0. The van der Waals surface area contributed by atoms with E-state index in [4.69, 9.17) is 4.52 Å². The summed E-state index contributed by atoms with van der Waals surface area (Å²) in [5.41, 5.74) is 0.750. The lowest BCUT2D eigenvalue weighted by atomic mass is 9.73. The van der Waals surface area contributed by atoms with Crippen molar-refractivity contribution in [1.29, 1.82) is 0 Å². The molecular weight excluding hydrogens is 318 g/mol. The zero-order valence-electron chi connectivity index (χ0n) is 14.2. The fourth-order valence-electron chi connectivity index (χ4n) is 3.93. The second-order valence-electron chi connectivity index (χ2n) is 6.99. The lowest BCUT2D eigenvalue weighted by molar-refractivity contribution is -0.134. The van der Waals surface area contributed by atoms with E-state index in [-0.39, 0.29) is 24.4 Å². The van der Waals surface area contributed by atoms with E-state index in [1.54, 1.807) is 6.07 Å². The van der Waals surface area contributed by atoms with E-state index >= 15 is 0 Å². The summed E-state index contributed by atoms with van der Waals surface area (Å²) in [5, 5.41) is 6.99. The highest BCUT2D eigenvalue weighted by atomic mass is 16.5. The highest BCUT2D eigenvalue weighted by Gasteiger charge is 2.54. The van der Waals surface area contributed by atoms with Crippen LogP contribution in [0.2, 0.25) is 0 Å². The number of benzene rings is 1. The molecule has 1 saturated carbocycles. The lowest BCUT2D eigenvalue weighted by Gasteiger charge is -2.36. The molecule has 2 aromatic rings. The number of carbonyl (C=O) groups excluding carboxylic acids is 2. The number of imide groups is 1. The fraction of sp³-hybridized carbons (Fsp3) is 0.421. The van der Waals surface area contributed by atoms with Crippen molar-refractivity contribution in [2.24, 2.45) is 5.92 Å². The molecule has 0 bridgehead atoms. The summed E-state index contributed by atoms with van der Waals surface area (Å²) in [6.45, 7) is 2.18. The number of urea groups is 1. The maximum atomic E-state index is 13.0. The van der Waals surface area contributed by atoms with Crippen LogP contribution < -0.4 is 5.32 Å². The van der Waals surface area contributed by atoms with Gasteiger partial charge in [0.25, 0.3) is 5.91 Å². The molecule has 6 nitrogen and oxygen atoms in total. The molecule has 0 unspecified atom stereocenters. The van der Waals surface area contributed by atoms with Crippen LogP contribution in [0.4, 0.5) is 4.79 Å². The average molecular weight is 339 g/mol. The predicted octanol–water partition coefficient (Wildman–Crippen LogP) is 3.34. The normalized spacial score (nSPS) is 26.3. The van der Waals surface area contributed by atoms with Crippen molar-refractivity contribution in [2.75, 3.05) is 0 Å². The Kier molecular flexibility index (Phi) is 3.82. The molecule has 1 aliphatic heterocycles. The highest BCUT2D eigenvalue weighted by Crippen LogP contribution is 2.38. The molecule has 3 amide bonds. The molecule has 1 N–H and O–H groups in total. The van der Waals surface area contributed by atoms with Crippen molar-refractivity contribution in [3.63, 3.8) is 0 Å². The van der Waals surface area contributed by atoms with Crippen LogP contribution in [0.3, 0.4) is 0 Å². The molecule has 130 valence electrons. The number of nitrogens with zero attached hydrogens (tertiary/aromatic N) is 2. The van der Waals surface area contributed by atoms with Crippen LogP contribution in [0.1, 0.15) is 38.3 Å². The molecule has 1 spiro atoms. The quantitative estimate of drug-likeness (QED) is 0.870. The molecule has 2 fully saturated rings. The summed E-state index contributed by atoms with van der Waals surface area (Å²) in [4.78, 5) is 26.7. The molecular formula is C19H21N3O3. The lowest BCUT2D eigenvalue weighted by Crippen LogP contribution is -2.53. The maximum absolute atomic E-state index is 13.0. The Morgan fingerprint density at radius 1 is 1.28 bits per heavy atom. The molecule has 1 saturated heterocycles. The monoisotopic (exact) mass is 339 g/mol. The Balaban J connectivity index is 1.54. The first-order valence-electron chi connectivity index (χ1n) is 8.75. The van der Waals surface area contributed by atoms with Crippen LogP contribution in [0.15, 0.2) is 40.9 Å². The van der Waals surface area contributed by atoms with Gasteiger partial charge >= 0.3 is 6.03 Å². The third-order valence-corrected chi connectivity index (χ3v) is 5.44. The van der Waals surface area contributed by atoms with Crippen LogP contribution >= 0.6 is 0 Å². The van der Waals surface area contributed by atoms with Crippen molar-refractivity contribution in [3.05, 3.63) is 42.1 Å². The topological polar surface area (TPSA) is 75.4 Å². The summed E-state index contributed by atoms with van der Waals surface area (Å²) in [7, 11) is 0. The van der Waals surface area contributed by atoms with E-state index in [9.17, 15) is 9.59 Å². The van der Waals surface area contributed by atoms with E-state index in [2.05, 4.69) is 10.5 Å². The van der Waals surface area contributed by atoms with E-state index < -0.39 is 5.54 Å². The molecule has 2 atom stereocenters. The fourth-order valence-corrected chi connectivity index (χ4v) is 3.93. The molecule has 4 rings (SSSR count). The first-order valence-corrected chi connectivity index (χ1v) is 8.75. The van der Waals surface area contributed by atoms with Gasteiger partial charge in [0.05, 0.1) is 6.54 Å². The van der Waals surface area contributed by atoms with Gasteiger partial charge < -0.3 is 9.84 Å². The minimum atomic E-state index is -0.735. The Labute approximate surface area is 146 Å². The molecule has 1 aromatic carbocycles. The Morgan fingerprint density at radius 2 is 2.08 bits per heavy atom. The Hall–Kier alpha value is -2.63. The van der Waals surface area contributed by atoms with Gasteiger partial charge in [-0.05, 0) is 18.8 Å². The zero-order chi connectivity index (χ0) is 17.4. The van der Waals surface area contributed by atoms with Crippen LogP contribution in [-0.4, -0.2) is 27.5 Å². The van der Waals surface area contributed by atoms with Crippen LogP contribution in [-0.2, 0) is 11.3 Å². The first-order chi connectivity index (χ1) is 12.1. The van der Waals surface area contributed by atoms with Gasteiger partial charge in [-0.1, -0.05) is 55.3 Å². The summed E-state index contributed by atoms with van der Waals surface area (Å²) in [6.07, 6.45) is 3.74. The smallest absolute Gasteiger partial charge is 0.325 e. The van der Waals surface area contributed by atoms with E-state index in [1.807, 2.05) is 37.3 Å². The van der Waals surface area contributed by atoms with Gasteiger partial charge in [0.2, 0.25) is 0 Å². The molecule has 2 aliphatic rings. The van der Waals surface area contributed by atoms with Crippen LogP contribution in [0.5, 0.6) is 0 Å². The van der Waals surface area contributed by atoms with Gasteiger partial charge in [-0.2, -0.15) is 0 Å². The molecule has 1 aromatic heterocycles. The zero-order valence-corrected chi connectivity index (χ0v) is 14.2. The van der Waals surface area contributed by atoms with Gasteiger partial charge in [-0.25, -0.2) is 4.79 Å². The minimum Gasteiger partial charge on any atom is -0.356 e. The summed E-state index contributed by atoms with van der Waals surface area (Å²) in [6, 6.07) is 11.1. The largest absolute Gasteiger partial charge is 0.356 e. The number of hydrogen-bond donors (Lipinski definition) is 1. The van der Waals surface area contributed by atoms with Crippen molar-refractivity contribution < 1.29 is 14.1 Å². The molecule has 0 radical (unpaired) electrons. The SMILES string of the molecule is C[C@@H]1CCCC[C@]12NC(=O)N(Cc1cc(-c3ccccc3)on1)C2=O. The highest BCUT2D eigenvalue weighted by molar-refractivity contribution is 6.07. The predicted molar refractivity (Wildman–Crippen MR) is 91.4 cm³/mol. The average Bonchev–Trinajstić information content (AvgIpc) is 3.18. The number of nitrogens with one attached hydrogen (secondary N) is 1. The van der Waals surface area contributed by atoms with Gasteiger partial charge in [-0.3, -0.25) is 9.69 Å². The standard InChI is InChI=1S/C19H21N3O3/c1-13-7-5-6-10-19(13)17(23)22(18(24)20-19)12-15-11-16(25-21-15)14-8-3-2-4-9-14/h2-4,8-9,11,13H,5-7,10,12H2,1H3,(H,20,24)/t13-,19+/m1/s1.